The highest BCUT2D eigenvalue weighted by Gasteiger charge is 2.17. The number of anilines is 1. The summed E-state index contributed by atoms with van der Waals surface area (Å²) >= 11 is 1.23. The average molecular weight is 302 g/mol. The van der Waals surface area contributed by atoms with Crippen molar-refractivity contribution in [1.29, 1.82) is 0 Å². The van der Waals surface area contributed by atoms with Crippen molar-refractivity contribution in [2.45, 2.75) is 0 Å². The molecule has 0 atom stereocenters. The summed E-state index contributed by atoms with van der Waals surface area (Å²) in [7, 11) is 1.36. The lowest BCUT2D eigenvalue weighted by Crippen LogP contribution is -2.28. The number of nitrogen functional groups attached to an aromatic ring is 1. The lowest BCUT2D eigenvalue weighted by molar-refractivity contribution is -0.114. The molecule has 0 unspecified atom stereocenters. The number of nitrogens with zero attached hydrogens (tertiary/aromatic N) is 2. The van der Waals surface area contributed by atoms with Crippen LogP contribution < -0.4 is 11.1 Å². The molecule has 0 aliphatic carbocycles. The number of carbonyl (C=O) groups is 1. The molecular weight excluding hydrogens is 288 g/mol. The first-order chi connectivity index (χ1) is 10.2. The Morgan fingerprint density at radius 3 is 2.81 bits per heavy atom. The Morgan fingerprint density at radius 2 is 2.19 bits per heavy atom. The first-order valence-electron chi connectivity index (χ1n) is 6.05. The zero-order valence-electron chi connectivity index (χ0n) is 11.3. The van der Waals surface area contributed by atoms with Gasteiger partial charge in [0.2, 0.25) is 0 Å². The van der Waals surface area contributed by atoms with Gasteiger partial charge in [-0.25, -0.2) is 4.98 Å². The van der Waals surface area contributed by atoms with E-state index in [1.54, 1.807) is 17.7 Å². The molecule has 0 saturated heterocycles. The molecule has 2 rings (SSSR count). The molecule has 0 bridgehead atoms. The van der Waals surface area contributed by atoms with Crippen LogP contribution in [0.5, 0.6) is 0 Å². The summed E-state index contributed by atoms with van der Waals surface area (Å²) in [6.07, 6.45) is 3.32. The zero-order chi connectivity index (χ0) is 15.1. The number of benzene rings is 1. The number of rotatable bonds is 5. The fourth-order valence-corrected chi connectivity index (χ4v) is 2.09. The van der Waals surface area contributed by atoms with Crippen molar-refractivity contribution in [2.75, 3.05) is 12.8 Å². The van der Waals surface area contributed by atoms with Gasteiger partial charge in [-0.2, -0.15) is 0 Å². The summed E-state index contributed by atoms with van der Waals surface area (Å²) in [5.74, 6) is -0.422. The summed E-state index contributed by atoms with van der Waals surface area (Å²) < 4.78 is 0. The summed E-state index contributed by atoms with van der Waals surface area (Å²) in [6, 6.07) is 9.60. The number of oxime groups is 1. The maximum atomic E-state index is 12.1. The third kappa shape index (κ3) is 4.15. The minimum atomic E-state index is -0.422. The lowest BCUT2D eigenvalue weighted by atomic mass is 10.2. The third-order valence-corrected chi connectivity index (χ3v) is 3.13. The molecule has 0 aliphatic rings. The minimum absolute atomic E-state index is 0.0724. The molecule has 0 radical (unpaired) electrons. The number of hydrogen-bond acceptors (Lipinski definition) is 6. The van der Waals surface area contributed by atoms with E-state index in [1.165, 1.54) is 18.4 Å². The van der Waals surface area contributed by atoms with E-state index in [-0.39, 0.29) is 5.71 Å². The SMILES string of the molecule is CON=C(C(=O)NC=Cc1ccccc1)c1csc(N)n1. The summed E-state index contributed by atoms with van der Waals surface area (Å²) in [5, 5.41) is 8.32. The van der Waals surface area contributed by atoms with Crippen LogP contribution >= 0.6 is 11.3 Å². The van der Waals surface area contributed by atoms with Crippen LogP contribution in [0, 0.1) is 0 Å². The van der Waals surface area contributed by atoms with Gasteiger partial charge in [-0.1, -0.05) is 35.5 Å². The zero-order valence-corrected chi connectivity index (χ0v) is 12.1. The van der Waals surface area contributed by atoms with Crippen molar-refractivity contribution in [2.24, 2.45) is 5.16 Å². The van der Waals surface area contributed by atoms with Gasteiger partial charge in [0, 0.05) is 11.6 Å². The van der Waals surface area contributed by atoms with E-state index < -0.39 is 5.91 Å². The van der Waals surface area contributed by atoms with Crippen LogP contribution in [-0.4, -0.2) is 23.7 Å². The van der Waals surface area contributed by atoms with Crippen LogP contribution in [0.25, 0.3) is 6.08 Å². The highest BCUT2D eigenvalue weighted by Crippen LogP contribution is 2.12. The Kier molecular flexibility index (Phi) is 5.05. The molecule has 0 saturated carbocycles. The molecule has 1 aromatic heterocycles. The molecule has 3 N–H and O–H groups in total. The third-order valence-electron chi connectivity index (χ3n) is 2.45. The van der Waals surface area contributed by atoms with Crippen molar-refractivity contribution < 1.29 is 9.63 Å². The second-order valence-corrected chi connectivity index (χ2v) is 4.80. The van der Waals surface area contributed by atoms with Gasteiger partial charge in [0.15, 0.2) is 10.8 Å². The van der Waals surface area contributed by atoms with Gasteiger partial charge >= 0.3 is 0 Å². The monoisotopic (exact) mass is 302 g/mol. The second kappa shape index (κ2) is 7.20. The Labute approximate surface area is 125 Å². The topological polar surface area (TPSA) is 89.6 Å². The average Bonchev–Trinajstić information content (AvgIpc) is 2.92. The lowest BCUT2D eigenvalue weighted by Gasteiger charge is -2.01. The van der Waals surface area contributed by atoms with Crippen LogP contribution in [0.3, 0.4) is 0 Å². The van der Waals surface area contributed by atoms with Gasteiger partial charge in [-0.05, 0) is 11.6 Å². The Balaban J connectivity index is 2.06. The van der Waals surface area contributed by atoms with Crippen LogP contribution in [0.2, 0.25) is 0 Å². The number of hydrogen-bond donors (Lipinski definition) is 2. The smallest absolute Gasteiger partial charge is 0.279 e. The molecule has 0 aliphatic heterocycles. The fraction of sp³-hybridized carbons (Fsp3) is 0.0714. The Hall–Kier alpha value is -2.67. The fourth-order valence-electron chi connectivity index (χ4n) is 1.54. The van der Waals surface area contributed by atoms with E-state index in [9.17, 15) is 4.79 Å². The Bertz CT molecular complexity index is 665. The summed E-state index contributed by atoms with van der Waals surface area (Å²) in [5.41, 5.74) is 6.98. The van der Waals surface area contributed by atoms with Crippen molar-refractivity contribution in [3.8, 4) is 0 Å². The van der Waals surface area contributed by atoms with Gasteiger partial charge in [0.1, 0.15) is 12.8 Å². The first-order valence-corrected chi connectivity index (χ1v) is 6.93. The molecule has 2 aromatic rings. The molecule has 0 spiro atoms. The van der Waals surface area contributed by atoms with Crippen molar-refractivity contribution in [3.05, 3.63) is 53.2 Å². The van der Waals surface area contributed by atoms with E-state index in [2.05, 4.69) is 20.3 Å². The van der Waals surface area contributed by atoms with E-state index in [0.29, 0.717) is 10.8 Å². The predicted octanol–water partition coefficient (Wildman–Crippen LogP) is 1.86. The van der Waals surface area contributed by atoms with Crippen LogP contribution in [0.1, 0.15) is 11.3 Å². The molecule has 1 amide bonds. The number of thiazole rings is 1. The summed E-state index contributed by atoms with van der Waals surface area (Å²) in [4.78, 5) is 20.8. The molecule has 1 aromatic carbocycles. The van der Waals surface area contributed by atoms with Gasteiger partial charge < -0.3 is 15.9 Å². The quantitative estimate of drug-likeness (QED) is 0.651. The highest BCUT2D eigenvalue weighted by molar-refractivity contribution is 7.13. The molecule has 21 heavy (non-hydrogen) atoms. The normalized spacial score (nSPS) is 11.6. The molecule has 108 valence electrons. The van der Waals surface area contributed by atoms with Crippen LogP contribution in [-0.2, 0) is 9.63 Å². The van der Waals surface area contributed by atoms with Crippen molar-refractivity contribution >= 4 is 34.2 Å². The first kappa shape index (κ1) is 14.7. The standard InChI is InChI=1S/C14H14N4O2S/c1-20-18-12(11-9-21-14(15)17-11)13(19)16-8-7-10-5-3-2-4-6-10/h2-9H,1H3,(H2,15,17)(H,16,19). The van der Waals surface area contributed by atoms with Crippen molar-refractivity contribution in [3.63, 3.8) is 0 Å². The highest BCUT2D eigenvalue weighted by atomic mass is 32.1. The number of carbonyl (C=O) groups excluding carboxylic acids is 1. The number of amides is 1. The maximum Gasteiger partial charge on any atom is 0.279 e. The van der Waals surface area contributed by atoms with Gasteiger partial charge in [0.05, 0.1) is 0 Å². The summed E-state index contributed by atoms with van der Waals surface area (Å²) in [6.45, 7) is 0. The van der Waals surface area contributed by atoms with E-state index in [4.69, 9.17) is 5.73 Å². The van der Waals surface area contributed by atoms with Crippen LogP contribution in [0.15, 0.2) is 47.1 Å². The second-order valence-electron chi connectivity index (χ2n) is 3.91. The van der Waals surface area contributed by atoms with Gasteiger partial charge in [-0.3, -0.25) is 4.79 Å². The molecule has 7 heteroatoms. The molecular formula is C14H14N4O2S. The number of nitrogens with two attached hydrogens (primary N) is 1. The molecule has 1 heterocycles. The molecule has 6 nitrogen and oxygen atoms in total. The van der Waals surface area contributed by atoms with E-state index in [0.717, 1.165) is 5.56 Å². The van der Waals surface area contributed by atoms with Crippen LogP contribution in [0.4, 0.5) is 5.13 Å². The number of aromatic nitrogens is 1. The Morgan fingerprint density at radius 1 is 1.43 bits per heavy atom. The van der Waals surface area contributed by atoms with Gasteiger partial charge in [0.25, 0.3) is 5.91 Å². The van der Waals surface area contributed by atoms with Gasteiger partial charge in [-0.15, -0.1) is 11.3 Å². The minimum Gasteiger partial charge on any atom is -0.398 e. The largest absolute Gasteiger partial charge is 0.398 e. The van der Waals surface area contributed by atoms with E-state index in [1.807, 2.05) is 30.3 Å². The number of nitrogens with one attached hydrogen (secondary N) is 1. The maximum absolute atomic E-state index is 12.1. The van der Waals surface area contributed by atoms with Crippen molar-refractivity contribution in [1.82, 2.24) is 10.3 Å². The predicted molar refractivity (Wildman–Crippen MR) is 83.7 cm³/mol. The molecule has 0 fully saturated rings. The van der Waals surface area contributed by atoms with E-state index >= 15 is 0 Å².